The van der Waals surface area contributed by atoms with Crippen LogP contribution < -0.4 is 0 Å². The SMILES string of the molecule is O=C1O[C@H](c2ccccc2)C[C@H]1C(=O)c1ccccc1. The first-order valence-corrected chi connectivity index (χ1v) is 6.60. The highest BCUT2D eigenvalue weighted by Gasteiger charge is 2.40. The summed E-state index contributed by atoms with van der Waals surface area (Å²) in [7, 11) is 0. The third kappa shape index (κ3) is 2.35. The van der Waals surface area contributed by atoms with Gasteiger partial charge in [-0.1, -0.05) is 60.7 Å². The molecule has 0 radical (unpaired) electrons. The zero-order chi connectivity index (χ0) is 13.9. The Hall–Kier alpha value is -2.42. The van der Waals surface area contributed by atoms with Gasteiger partial charge in [0.2, 0.25) is 0 Å². The number of hydrogen-bond acceptors (Lipinski definition) is 3. The Kier molecular flexibility index (Phi) is 3.33. The maximum absolute atomic E-state index is 12.3. The number of hydrogen-bond donors (Lipinski definition) is 0. The lowest BCUT2D eigenvalue weighted by atomic mass is 9.93. The van der Waals surface area contributed by atoms with E-state index in [-0.39, 0.29) is 11.9 Å². The van der Waals surface area contributed by atoms with Gasteiger partial charge in [0.1, 0.15) is 12.0 Å². The van der Waals surface area contributed by atoms with Crippen LogP contribution in [-0.4, -0.2) is 11.8 Å². The van der Waals surface area contributed by atoms with Crippen LogP contribution in [-0.2, 0) is 9.53 Å². The van der Waals surface area contributed by atoms with Gasteiger partial charge >= 0.3 is 5.97 Å². The molecule has 1 fully saturated rings. The molecule has 1 aliphatic rings. The summed E-state index contributed by atoms with van der Waals surface area (Å²) in [5.41, 5.74) is 1.49. The van der Waals surface area contributed by atoms with Crippen LogP contribution in [0.5, 0.6) is 0 Å². The van der Waals surface area contributed by atoms with Crippen LogP contribution in [0.3, 0.4) is 0 Å². The van der Waals surface area contributed by atoms with Gasteiger partial charge in [-0.3, -0.25) is 9.59 Å². The number of cyclic esters (lactones) is 1. The Morgan fingerprint density at radius 1 is 0.950 bits per heavy atom. The second-order valence-electron chi connectivity index (χ2n) is 4.85. The molecule has 20 heavy (non-hydrogen) atoms. The minimum Gasteiger partial charge on any atom is -0.457 e. The molecular formula is C17H14O3. The van der Waals surface area contributed by atoms with E-state index in [0.29, 0.717) is 12.0 Å². The van der Waals surface area contributed by atoms with Crippen LogP contribution in [0.15, 0.2) is 60.7 Å². The number of benzene rings is 2. The van der Waals surface area contributed by atoms with E-state index in [1.54, 1.807) is 24.3 Å². The molecule has 2 aromatic carbocycles. The van der Waals surface area contributed by atoms with E-state index >= 15 is 0 Å². The van der Waals surface area contributed by atoms with Gasteiger partial charge in [0.25, 0.3) is 0 Å². The van der Waals surface area contributed by atoms with Crippen LogP contribution >= 0.6 is 0 Å². The summed E-state index contributed by atoms with van der Waals surface area (Å²) < 4.78 is 5.34. The standard InChI is InChI=1S/C17H14O3/c18-16(13-9-5-2-6-10-13)14-11-15(20-17(14)19)12-7-3-1-4-8-12/h1-10,14-15H,11H2/t14-,15-/m0/s1. The Labute approximate surface area is 117 Å². The van der Waals surface area contributed by atoms with Crippen molar-refractivity contribution in [1.29, 1.82) is 0 Å². The first-order chi connectivity index (χ1) is 9.75. The van der Waals surface area contributed by atoms with E-state index in [4.69, 9.17) is 4.74 Å². The van der Waals surface area contributed by atoms with Gasteiger partial charge in [0.05, 0.1) is 0 Å². The first-order valence-electron chi connectivity index (χ1n) is 6.60. The minimum atomic E-state index is -0.692. The number of carbonyl (C=O) groups excluding carboxylic acids is 2. The highest BCUT2D eigenvalue weighted by atomic mass is 16.6. The van der Waals surface area contributed by atoms with Gasteiger partial charge in [0.15, 0.2) is 5.78 Å². The first kappa shape index (κ1) is 12.6. The fourth-order valence-electron chi connectivity index (χ4n) is 2.47. The van der Waals surface area contributed by atoms with E-state index in [1.807, 2.05) is 36.4 Å². The molecule has 0 saturated carbocycles. The number of Topliss-reactive ketones (excluding diaryl/α,β-unsaturated/α-hetero) is 1. The molecule has 1 aliphatic heterocycles. The Balaban J connectivity index is 1.80. The lowest BCUT2D eigenvalue weighted by Gasteiger charge is -2.08. The van der Waals surface area contributed by atoms with Crippen LogP contribution in [0, 0.1) is 5.92 Å². The predicted molar refractivity (Wildman–Crippen MR) is 74.2 cm³/mol. The molecule has 0 N–H and O–H groups in total. The molecule has 0 amide bonds. The molecule has 2 atom stereocenters. The van der Waals surface area contributed by atoms with Crippen molar-refractivity contribution in [2.75, 3.05) is 0 Å². The van der Waals surface area contributed by atoms with Gasteiger partial charge in [-0.2, -0.15) is 0 Å². The highest BCUT2D eigenvalue weighted by molar-refractivity contribution is 6.09. The molecule has 3 rings (SSSR count). The Morgan fingerprint density at radius 2 is 1.55 bits per heavy atom. The maximum atomic E-state index is 12.3. The summed E-state index contributed by atoms with van der Waals surface area (Å²) in [6, 6.07) is 18.4. The molecule has 2 aromatic rings. The zero-order valence-corrected chi connectivity index (χ0v) is 10.9. The Bertz CT molecular complexity index is 619. The molecule has 1 saturated heterocycles. The number of esters is 1. The quantitative estimate of drug-likeness (QED) is 0.487. The lowest BCUT2D eigenvalue weighted by Crippen LogP contribution is -2.19. The number of ketones is 1. The van der Waals surface area contributed by atoms with Crippen LogP contribution in [0.25, 0.3) is 0 Å². The molecule has 0 bridgehead atoms. The van der Waals surface area contributed by atoms with Gasteiger partial charge in [-0.05, 0) is 5.56 Å². The van der Waals surface area contributed by atoms with Crippen molar-refractivity contribution in [2.45, 2.75) is 12.5 Å². The zero-order valence-electron chi connectivity index (χ0n) is 10.9. The molecular weight excluding hydrogens is 252 g/mol. The summed E-state index contributed by atoms with van der Waals surface area (Å²) >= 11 is 0. The topological polar surface area (TPSA) is 43.4 Å². The molecule has 0 spiro atoms. The van der Waals surface area contributed by atoms with Crippen molar-refractivity contribution in [3.63, 3.8) is 0 Å². The second-order valence-corrected chi connectivity index (χ2v) is 4.85. The summed E-state index contributed by atoms with van der Waals surface area (Å²) in [6.45, 7) is 0. The third-order valence-corrected chi connectivity index (χ3v) is 3.54. The van der Waals surface area contributed by atoms with Crippen LogP contribution in [0.2, 0.25) is 0 Å². The largest absolute Gasteiger partial charge is 0.457 e. The van der Waals surface area contributed by atoms with Crippen LogP contribution in [0.4, 0.5) is 0 Å². The average Bonchev–Trinajstić information content (AvgIpc) is 2.90. The van der Waals surface area contributed by atoms with Gasteiger partial charge in [-0.15, -0.1) is 0 Å². The molecule has 1 heterocycles. The number of carbonyl (C=O) groups is 2. The number of ether oxygens (including phenoxy) is 1. The summed E-state index contributed by atoms with van der Waals surface area (Å²) in [4.78, 5) is 24.3. The van der Waals surface area contributed by atoms with Gasteiger partial charge < -0.3 is 4.74 Å². The van der Waals surface area contributed by atoms with Crippen molar-refractivity contribution in [3.05, 3.63) is 71.8 Å². The summed E-state index contributed by atoms with van der Waals surface area (Å²) in [6.07, 6.45) is 0.0951. The lowest BCUT2D eigenvalue weighted by molar-refractivity contribution is -0.143. The van der Waals surface area contributed by atoms with E-state index in [9.17, 15) is 9.59 Å². The fourth-order valence-corrected chi connectivity index (χ4v) is 2.47. The van der Waals surface area contributed by atoms with Crippen molar-refractivity contribution in [1.82, 2.24) is 0 Å². The van der Waals surface area contributed by atoms with E-state index < -0.39 is 11.9 Å². The normalized spacial score (nSPS) is 21.5. The third-order valence-electron chi connectivity index (χ3n) is 3.54. The molecule has 0 unspecified atom stereocenters. The minimum absolute atomic E-state index is 0.158. The molecule has 3 nitrogen and oxygen atoms in total. The summed E-state index contributed by atoms with van der Waals surface area (Å²) in [5, 5.41) is 0. The van der Waals surface area contributed by atoms with Crippen molar-refractivity contribution >= 4 is 11.8 Å². The van der Waals surface area contributed by atoms with E-state index in [1.165, 1.54) is 0 Å². The highest BCUT2D eigenvalue weighted by Crippen LogP contribution is 2.34. The number of rotatable bonds is 3. The fraction of sp³-hybridized carbons (Fsp3) is 0.176. The molecule has 100 valence electrons. The Morgan fingerprint density at radius 3 is 2.20 bits per heavy atom. The van der Waals surface area contributed by atoms with Crippen LogP contribution in [0.1, 0.15) is 28.4 Å². The smallest absolute Gasteiger partial charge is 0.317 e. The monoisotopic (exact) mass is 266 g/mol. The maximum Gasteiger partial charge on any atom is 0.317 e. The van der Waals surface area contributed by atoms with Gasteiger partial charge in [-0.25, -0.2) is 0 Å². The molecule has 0 aliphatic carbocycles. The van der Waals surface area contributed by atoms with Gasteiger partial charge in [0, 0.05) is 12.0 Å². The predicted octanol–water partition coefficient (Wildman–Crippen LogP) is 3.17. The molecule has 3 heteroatoms. The summed E-state index contributed by atoms with van der Waals surface area (Å²) in [5.74, 6) is -1.27. The van der Waals surface area contributed by atoms with E-state index in [2.05, 4.69) is 0 Å². The average molecular weight is 266 g/mol. The van der Waals surface area contributed by atoms with Crippen molar-refractivity contribution in [2.24, 2.45) is 5.92 Å². The van der Waals surface area contributed by atoms with Crippen molar-refractivity contribution < 1.29 is 14.3 Å². The second kappa shape index (κ2) is 5.29. The van der Waals surface area contributed by atoms with Crippen molar-refractivity contribution in [3.8, 4) is 0 Å². The molecule has 0 aromatic heterocycles. The van der Waals surface area contributed by atoms with E-state index in [0.717, 1.165) is 5.56 Å².